The summed E-state index contributed by atoms with van der Waals surface area (Å²) in [6, 6.07) is 17.2. The first-order valence-corrected chi connectivity index (χ1v) is 8.63. The van der Waals surface area contributed by atoms with E-state index in [-0.39, 0.29) is 5.91 Å². The average Bonchev–Trinajstić information content (AvgIpc) is 3.05. The summed E-state index contributed by atoms with van der Waals surface area (Å²) in [5.74, 6) is 0.514. The third-order valence-electron chi connectivity index (χ3n) is 3.61. The number of nitrogens with zero attached hydrogens (tertiary/aromatic N) is 1. The van der Waals surface area contributed by atoms with Crippen molar-refractivity contribution in [1.29, 1.82) is 0 Å². The predicted molar refractivity (Wildman–Crippen MR) is 103 cm³/mol. The van der Waals surface area contributed by atoms with Gasteiger partial charge in [0.15, 0.2) is 5.13 Å². The van der Waals surface area contributed by atoms with E-state index in [1.165, 1.54) is 11.3 Å². The zero-order valence-electron chi connectivity index (χ0n) is 14.0. The van der Waals surface area contributed by atoms with Crippen molar-refractivity contribution < 1.29 is 9.53 Å². The van der Waals surface area contributed by atoms with Crippen molar-refractivity contribution in [3.63, 3.8) is 0 Å². The van der Waals surface area contributed by atoms with Crippen LogP contribution in [-0.2, 0) is 4.79 Å². The second-order valence-corrected chi connectivity index (χ2v) is 6.63. The Kier molecular flexibility index (Phi) is 5.26. The molecule has 1 aromatic heterocycles. The van der Waals surface area contributed by atoms with Crippen molar-refractivity contribution in [1.82, 2.24) is 4.98 Å². The van der Waals surface area contributed by atoms with E-state index >= 15 is 0 Å². The molecule has 0 saturated carbocycles. The van der Waals surface area contributed by atoms with Gasteiger partial charge in [-0.05, 0) is 24.6 Å². The Morgan fingerprint density at radius 2 is 1.84 bits per heavy atom. The van der Waals surface area contributed by atoms with E-state index in [1.54, 1.807) is 13.3 Å². The summed E-state index contributed by atoms with van der Waals surface area (Å²) < 4.78 is 5.40. The van der Waals surface area contributed by atoms with Crippen molar-refractivity contribution in [2.45, 2.75) is 6.92 Å². The number of aryl methyl sites for hydroxylation is 1. The van der Waals surface area contributed by atoms with Crippen LogP contribution in [-0.4, -0.2) is 18.0 Å². The standard InChI is InChI=1S/C20H18N2O2S/c1-14-13-21-20(25-14)22-19(23)17(15-8-4-3-5-9-15)12-16-10-6-7-11-18(16)24-2/h3-13H,1-2H3,(H,21,22,23)/b17-12+. The molecule has 0 fully saturated rings. The number of carbonyl (C=O) groups excluding carboxylic acids is 1. The molecule has 25 heavy (non-hydrogen) atoms. The van der Waals surface area contributed by atoms with Crippen LogP contribution < -0.4 is 10.1 Å². The fourth-order valence-corrected chi connectivity index (χ4v) is 3.08. The number of para-hydroxylation sites is 1. The van der Waals surface area contributed by atoms with Crippen LogP contribution in [0.5, 0.6) is 5.75 Å². The molecule has 3 rings (SSSR count). The van der Waals surface area contributed by atoms with E-state index in [4.69, 9.17) is 4.74 Å². The Labute approximate surface area is 150 Å². The Morgan fingerprint density at radius 3 is 2.52 bits per heavy atom. The molecule has 0 aliphatic rings. The molecule has 3 aromatic rings. The van der Waals surface area contributed by atoms with Crippen LogP contribution >= 0.6 is 11.3 Å². The van der Waals surface area contributed by atoms with Crippen molar-refractivity contribution in [2.75, 3.05) is 12.4 Å². The highest BCUT2D eigenvalue weighted by Crippen LogP contribution is 2.26. The van der Waals surface area contributed by atoms with E-state index < -0.39 is 0 Å². The Balaban J connectivity index is 2.01. The van der Waals surface area contributed by atoms with E-state index in [0.717, 1.165) is 16.0 Å². The van der Waals surface area contributed by atoms with Crippen molar-refractivity contribution >= 4 is 34.0 Å². The topological polar surface area (TPSA) is 51.2 Å². The molecule has 0 atom stereocenters. The Hall–Kier alpha value is -2.92. The maximum atomic E-state index is 12.9. The van der Waals surface area contributed by atoms with Crippen LogP contribution in [0.1, 0.15) is 16.0 Å². The number of benzene rings is 2. The first-order valence-electron chi connectivity index (χ1n) is 7.81. The maximum absolute atomic E-state index is 12.9. The van der Waals surface area contributed by atoms with Gasteiger partial charge >= 0.3 is 0 Å². The van der Waals surface area contributed by atoms with Gasteiger partial charge in [-0.1, -0.05) is 48.5 Å². The van der Waals surface area contributed by atoms with Crippen LogP contribution in [0.15, 0.2) is 60.8 Å². The normalized spacial score (nSPS) is 11.2. The summed E-state index contributed by atoms with van der Waals surface area (Å²) in [5.41, 5.74) is 2.23. The zero-order chi connectivity index (χ0) is 17.6. The molecular formula is C20H18N2O2S. The van der Waals surface area contributed by atoms with Crippen molar-refractivity contribution in [2.24, 2.45) is 0 Å². The predicted octanol–water partition coefficient (Wildman–Crippen LogP) is 4.64. The molecule has 0 unspecified atom stereocenters. The molecule has 1 amide bonds. The lowest BCUT2D eigenvalue weighted by Crippen LogP contribution is -2.13. The fourth-order valence-electron chi connectivity index (χ4n) is 2.42. The third-order valence-corrected chi connectivity index (χ3v) is 4.44. The van der Waals surface area contributed by atoms with Gasteiger partial charge in [-0.2, -0.15) is 0 Å². The molecule has 0 spiro atoms. The number of nitrogens with one attached hydrogen (secondary N) is 1. The van der Waals surface area contributed by atoms with Crippen LogP contribution in [0.2, 0.25) is 0 Å². The number of ether oxygens (including phenoxy) is 1. The largest absolute Gasteiger partial charge is 0.496 e. The fraction of sp³-hybridized carbons (Fsp3) is 0.100. The third kappa shape index (κ3) is 4.14. The Morgan fingerprint density at radius 1 is 1.12 bits per heavy atom. The number of aromatic nitrogens is 1. The minimum absolute atomic E-state index is 0.202. The highest BCUT2D eigenvalue weighted by Gasteiger charge is 2.15. The highest BCUT2D eigenvalue weighted by atomic mass is 32.1. The van der Waals surface area contributed by atoms with Gasteiger partial charge in [0, 0.05) is 22.2 Å². The van der Waals surface area contributed by atoms with Gasteiger partial charge in [-0.15, -0.1) is 11.3 Å². The summed E-state index contributed by atoms with van der Waals surface area (Å²) in [4.78, 5) is 18.1. The quantitative estimate of drug-likeness (QED) is 0.539. The molecule has 0 aliphatic carbocycles. The van der Waals surface area contributed by atoms with E-state index in [9.17, 15) is 4.79 Å². The SMILES string of the molecule is COc1ccccc1/C=C(/C(=O)Nc1ncc(C)s1)c1ccccc1. The van der Waals surface area contributed by atoms with E-state index in [0.29, 0.717) is 16.5 Å². The molecule has 0 saturated heterocycles. The molecule has 126 valence electrons. The lowest BCUT2D eigenvalue weighted by Gasteiger charge is -2.10. The van der Waals surface area contributed by atoms with Crippen LogP contribution in [0.4, 0.5) is 5.13 Å². The van der Waals surface area contributed by atoms with E-state index in [1.807, 2.05) is 67.6 Å². The average molecular weight is 350 g/mol. The molecule has 0 bridgehead atoms. The van der Waals surface area contributed by atoms with Crippen LogP contribution in [0.25, 0.3) is 11.6 Å². The van der Waals surface area contributed by atoms with Gasteiger partial charge in [0.25, 0.3) is 5.91 Å². The number of carbonyl (C=O) groups is 1. The number of anilines is 1. The number of amides is 1. The second kappa shape index (κ2) is 7.77. The number of thiazole rings is 1. The number of hydrogen-bond donors (Lipinski definition) is 1. The summed E-state index contributed by atoms with van der Waals surface area (Å²) >= 11 is 1.45. The molecule has 4 nitrogen and oxygen atoms in total. The molecule has 1 N–H and O–H groups in total. The first kappa shape index (κ1) is 16.9. The Bertz CT molecular complexity index is 901. The molecule has 5 heteroatoms. The number of methoxy groups -OCH3 is 1. The molecule has 0 radical (unpaired) electrons. The minimum atomic E-state index is -0.202. The van der Waals surface area contributed by atoms with Gasteiger partial charge in [-0.25, -0.2) is 4.98 Å². The smallest absolute Gasteiger partial charge is 0.258 e. The lowest BCUT2D eigenvalue weighted by molar-refractivity contribution is -0.111. The maximum Gasteiger partial charge on any atom is 0.258 e. The number of rotatable bonds is 5. The monoisotopic (exact) mass is 350 g/mol. The molecule has 0 aliphatic heterocycles. The van der Waals surface area contributed by atoms with Crippen molar-refractivity contribution in [3.05, 3.63) is 76.8 Å². The minimum Gasteiger partial charge on any atom is -0.496 e. The van der Waals surface area contributed by atoms with Gasteiger partial charge in [0.05, 0.1) is 7.11 Å². The van der Waals surface area contributed by atoms with Crippen molar-refractivity contribution in [3.8, 4) is 5.75 Å². The zero-order valence-corrected chi connectivity index (χ0v) is 14.8. The lowest BCUT2D eigenvalue weighted by atomic mass is 10.0. The summed E-state index contributed by atoms with van der Waals surface area (Å²) in [6.07, 6.45) is 3.58. The number of hydrogen-bond acceptors (Lipinski definition) is 4. The van der Waals surface area contributed by atoms with E-state index in [2.05, 4.69) is 10.3 Å². The highest BCUT2D eigenvalue weighted by molar-refractivity contribution is 7.15. The second-order valence-electron chi connectivity index (χ2n) is 5.40. The summed E-state index contributed by atoms with van der Waals surface area (Å²) in [6.45, 7) is 1.95. The van der Waals surface area contributed by atoms with Gasteiger partial charge in [0.2, 0.25) is 0 Å². The van der Waals surface area contributed by atoms with Crippen LogP contribution in [0, 0.1) is 6.92 Å². The van der Waals surface area contributed by atoms with Gasteiger partial charge in [0.1, 0.15) is 5.75 Å². The molecule has 2 aromatic carbocycles. The molecular weight excluding hydrogens is 332 g/mol. The first-order chi connectivity index (χ1) is 12.2. The summed E-state index contributed by atoms with van der Waals surface area (Å²) in [5, 5.41) is 3.47. The summed E-state index contributed by atoms with van der Waals surface area (Å²) in [7, 11) is 1.62. The molecule has 1 heterocycles. The van der Waals surface area contributed by atoms with Gasteiger partial charge < -0.3 is 4.74 Å². The van der Waals surface area contributed by atoms with Gasteiger partial charge in [-0.3, -0.25) is 10.1 Å². The van der Waals surface area contributed by atoms with Crippen LogP contribution in [0.3, 0.4) is 0 Å².